The molecular weight excluding hydrogens is 368 g/mol. The third kappa shape index (κ3) is 4.75. The van der Waals surface area contributed by atoms with E-state index in [1.165, 1.54) is 24.8 Å². The smallest absolute Gasteiger partial charge is 0.417 e. The molecule has 0 unspecified atom stereocenters. The van der Waals surface area contributed by atoms with Crippen LogP contribution in [-0.2, 0) is 6.18 Å². The number of alkyl halides is 3. The molecule has 0 saturated heterocycles. The van der Waals surface area contributed by atoms with Crippen molar-refractivity contribution in [3.8, 4) is 11.5 Å². The summed E-state index contributed by atoms with van der Waals surface area (Å²) >= 11 is 0. The minimum atomic E-state index is -4.54. The highest BCUT2D eigenvalue weighted by molar-refractivity contribution is 6.04. The zero-order valence-corrected chi connectivity index (χ0v) is 13.4. The molecule has 0 aliphatic carbocycles. The number of anilines is 1. The van der Waals surface area contributed by atoms with Crippen LogP contribution >= 0.6 is 0 Å². The quantitative estimate of drug-likeness (QED) is 0.693. The maximum Gasteiger partial charge on any atom is 0.417 e. The number of hydrogen-bond donors (Lipinski definition) is 1. The molecule has 1 N–H and O–H groups in total. The van der Waals surface area contributed by atoms with Crippen molar-refractivity contribution in [1.29, 1.82) is 0 Å². The van der Waals surface area contributed by atoms with Gasteiger partial charge < -0.3 is 10.1 Å². The van der Waals surface area contributed by atoms with Gasteiger partial charge in [0, 0.05) is 17.8 Å². The van der Waals surface area contributed by atoms with E-state index in [1.54, 1.807) is 0 Å². The van der Waals surface area contributed by atoms with Gasteiger partial charge in [0.15, 0.2) is 5.75 Å². The van der Waals surface area contributed by atoms with Crippen LogP contribution in [0.2, 0.25) is 0 Å². The average Bonchev–Trinajstić information content (AvgIpc) is 2.62. The normalized spacial score (nSPS) is 11.1. The van der Waals surface area contributed by atoms with E-state index in [0.29, 0.717) is 6.20 Å². The largest absolute Gasteiger partial charge is 0.454 e. The summed E-state index contributed by atoms with van der Waals surface area (Å²) in [6, 6.07) is 5.04. The van der Waals surface area contributed by atoms with E-state index in [1.807, 2.05) is 0 Å². The van der Waals surface area contributed by atoms with Gasteiger partial charge in [-0.25, -0.2) is 19.3 Å². The van der Waals surface area contributed by atoms with E-state index >= 15 is 0 Å². The summed E-state index contributed by atoms with van der Waals surface area (Å²) in [7, 11) is 0. The maximum atomic E-state index is 13.8. The van der Waals surface area contributed by atoms with Gasteiger partial charge in [-0.15, -0.1) is 0 Å². The van der Waals surface area contributed by atoms with E-state index in [9.17, 15) is 22.4 Å². The van der Waals surface area contributed by atoms with Crippen LogP contribution in [0.3, 0.4) is 0 Å². The first-order chi connectivity index (χ1) is 12.8. The fourth-order valence-corrected chi connectivity index (χ4v) is 2.05. The number of nitrogens with one attached hydrogen (secondary N) is 1. The van der Waals surface area contributed by atoms with Crippen LogP contribution in [0.25, 0.3) is 0 Å². The number of aromatic nitrogens is 3. The van der Waals surface area contributed by atoms with Crippen molar-refractivity contribution < 1.29 is 27.1 Å². The molecule has 2 heterocycles. The van der Waals surface area contributed by atoms with E-state index in [4.69, 9.17) is 4.74 Å². The Labute approximate surface area is 149 Å². The minimum Gasteiger partial charge on any atom is -0.454 e. The maximum absolute atomic E-state index is 13.8. The van der Waals surface area contributed by atoms with Gasteiger partial charge in [-0.3, -0.25) is 4.79 Å². The highest BCUT2D eigenvalue weighted by Crippen LogP contribution is 2.29. The average molecular weight is 378 g/mol. The fourth-order valence-electron chi connectivity index (χ4n) is 2.05. The fraction of sp³-hybridized carbons (Fsp3) is 0.0588. The Bertz CT molecular complexity index is 947. The number of hydrogen-bond acceptors (Lipinski definition) is 5. The van der Waals surface area contributed by atoms with Gasteiger partial charge in [0.2, 0.25) is 0 Å². The van der Waals surface area contributed by atoms with Crippen molar-refractivity contribution >= 4 is 11.7 Å². The second-order valence-corrected chi connectivity index (χ2v) is 5.24. The van der Waals surface area contributed by atoms with Crippen molar-refractivity contribution in [3.63, 3.8) is 0 Å². The van der Waals surface area contributed by atoms with Crippen LogP contribution in [0, 0.1) is 5.82 Å². The first kappa shape index (κ1) is 18.2. The lowest BCUT2D eigenvalue weighted by Crippen LogP contribution is -2.14. The molecule has 6 nitrogen and oxygen atoms in total. The van der Waals surface area contributed by atoms with Crippen LogP contribution in [0.5, 0.6) is 11.5 Å². The Balaban J connectivity index is 1.76. The lowest BCUT2D eigenvalue weighted by Gasteiger charge is -2.09. The highest BCUT2D eigenvalue weighted by atomic mass is 19.4. The molecule has 0 fully saturated rings. The molecule has 138 valence electrons. The van der Waals surface area contributed by atoms with E-state index in [-0.39, 0.29) is 22.9 Å². The van der Waals surface area contributed by atoms with Gasteiger partial charge in [0.25, 0.3) is 5.91 Å². The molecular formula is C17H10F4N4O2. The molecule has 0 atom stereocenters. The van der Waals surface area contributed by atoms with Crippen molar-refractivity contribution in [2.45, 2.75) is 6.18 Å². The molecule has 0 aliphatic rings. The van der Waals surface area contributed by atoms with Gasteiger partial charge in [0.1, 0.15) is 23.7 Å². The number of rotatable bonds is 4. The summed E-state index contributed by atoms with van der Waals surface area (Å²) in [4.78, 5) is 23.2. The first-order valence-electron chi connectivity index (χ1n) is 7.39. The highest BCUT2D eigenvalue weighted by Gasteiger charge is 2.30. The Morgan fingerprint density at radius 2 is 1.74 bits per heavy atom. The molecule has 1 aromatic carbocycles. The molecule has 0 saturated carbocycles. The van der Waals surface area contributed by atoms with Crippen LogP contribution in [0.15, 0.2) is 55.2 Å². The summed E-state index contributed by atoms with van der Waals surface area (Å²) in [6.07, 6.45) is 0.0402. The minimum absolute atomic E-state index is 0.0235. The summed E-state index contributed by atoms with van der Waals surface area (Å²) in [5.74, 6) is -1.36. The predicted molar refractivity (Wildman–Crippen MR) is 85.7 cm³/mol. The molecule has 0 aliphatic heterocycles. The number of amides is 1. The molecule has 0 spiro atoms. The van der Waals surface area contributed by atoms with Crippen molar-refractivity contribution in [2.75, 3.05) is 5.32 Å². The van der Waals surface area contributed by atoms with Crippen molar-refractivity contribution in [1.82, 2.24) is 15.0 Å². The predicted octanol–water partition coefficient (Wildman–Crippen LogP) is 4.07. The first-order valence-corrected chi connectivity index (χ1v) is 7.39. The third-order valence-corrected chi connectivity index (χ3v) is 3.24. The number of ether oxygens (including phenoxy) is 1. The van der Waals surface area contributed by atoms with E-state index in [0.717, 1.165) is 24.3 Å². The van der Waals surface area contributed by atoms with Gasteiger partial charge >= 0.3 is 6.18 Å². The monoisotopic (exact) mass is 378 g/mol. The van der Waals surface area contributed by atoms with Crippen molar-refractivity contribution in [2.24, 2.45) is 0 Å². The van der Waals surface area contributed by atoms with Gasteiger partial charge in [-0.05, 0) is 24.3 Å². The molecule has 1 amide bonds. The Morgan fingerprint density at radius 3 is 2.37 bits per heavy atom. The molecule has 0 bridgehead atoms. The molecule has 0 radical (unpaired) electrons. The molecule has 27 heavy (non-hydrogen) atoms. The number of carbonyl (C=O) groups excluding carboxylic acids is 1. The zero-order chi connectivity index (χ0) is 19.4. The SMILES string of the molecule is O=C(Nc1ccc(C(F)(F)F)cn1)c1cc(F)cc(Oc2cncnc2)c1. The third-order valence-electron chi connectivity index (χ3n) is 3.24. The summed E-state index contributed by atoms with van der Waals surface area (Å²) in [5, 5.41) is 2.29. The topological polar surface area (TPSA) is 77.0 Å². The number of halogens is 4. The molecule has 2 aromatic heterocycles. The van der Waals surface area contributed by atoms with Crippen LogP contribution in [-0.4, -0.2) is 20.9 Å². The van der Waals surface area contributed by atoms with Gasteiger partial charge in [-0.1, -0.05) is 0 Å². The Kier molecular flexibility index (Phi) is 4.97. The van der Waals surface area contributed by atoms with Crippen LogP contribution in [0.4, 0.5) is 23.4 Å². The van der Waals surface area contributed by atoms with E-state index < -0.39 is 23.5 Å². The Hall–Kier alpha value is -3.56. The second-order valence-electron chi connectivity index (χ2n) is 5.24. The summed E-state index contributed by atoms with van der Waals surface area (Å²) < 4.78 is 56.7. The number of nitrogens with zero attached hydrogens (tertiary/aromatic N) is 3. The van der Waals surface area contributed by atoms with Gasteiger partial charge in [0.05, 0.1) is 18.0 Å². The van der Waals surface area contributed by atoms with Crippen molar-refractivity contribution in [3.05, 3.63) is 72.2 Å². The second kappa shape index (κ2) is 7.36. The summed E-state index contributed by atoms with van der Waals surface area (Å²) in [5.41, 5.74) is -1.06. The van der Waals surface area contributed by atoms with Crippen LogP contribution < -0.4 is 10.1 Å². The van der Waals surface area contributed by atoms with Crippen LogP contribution in [0.1, 0.15) is 15.9 Å². The number of carbonyl (C=O) groups is 1. The summed E-state index contributed by atoms with van der Waals surface area (Å²) in [6.45, 7) is 0. The molecule has 3 aromatic rings. The number of pyridine rings is 1. The Morgan fingerprint density at radius 1 is 1.00 bits per heavy atom. The lowest BCUT2D eigenvalue weighted by atomic mass is 10.2. The van der Waals surface area contributed by atoms with E-state index in [2.05, 4.69) is 20.3 Å². The van der Waals surface area contributed by atoms with Gasteiger partial charge in [-0.2, -0.15) is 13.2 Å². The zero-order valence-electron chi connectivity index (χ0n) is 13.4. The molecule has 3 rings (SSSR count). The molecule has 10 heteroatoms. The lowest BCUT2D eigenvalue weighted by molar-refractivity contribution is -0.137. The standard InChI is InChI=1S/C17H10F4N4O2/c18-12-3-10(4-13(5-12)27-14-7-22-9-23-8-14)16(26)25-15-2-1-11(6-24-15)17(19,20)21/h1-9H,(H,24,25,26). The number of benzene rings is 1.